The van der Waals surface area contributed by atoms with Crippen molar-refractivity contribution < 1.29 is 28.5 Å². The maximum Gasteiger partial charge on any atom is 0.231 e. The van der Waals surface area contributed by atoms with E-state index in [1.807, 2.05) is 18.2 Å². The van der Waals surface area contributed by atoms with Crippen LogP contribution in [0.3, 0.4) is 0 Å². The summed E-state index contributed by atoms with van der Waals surface area (Å²) in [5.74, 6) is 2.50. The maximum absolute atomic E-state index is 11.3. The summed E-state index contributed by atoms with van der Waals surface area (Å²) >= 11 is 0. The van der Waals surface area contributed by atoms with Gasteiger partial charge in [0.2, 0.25) is 6.79 Å². The van der Waals surface area contributed by atoms with Crippen molar-refractivity contribution in [3.8, 4) is 23.0 Å². The Labute approximate surface area is 136 Å². The normalized spacial score (nSPS) is 25.6. The Hall–Kier alpha value is -2.86. The fourth-order valence-corrected chi connectivity index (χ4v) is 3.73. The summed E-state index contributed by atoms with van der Waals surface area (Å²) in [6.45, 7) is 0.279. The van der Waals surface area contributed by atoms with Gasteiger partial charge in [-0.05, 0) is 18.2 Å². The van der Waals surface area contributed by atoms with Crippen molar-refractivity contribution in [3.63, 3.8) is 0 Å². The van der Waals surface area contributed by atoms with E-state index in [9.17, 15) is 5.11 Å². The molecule has 0 radical (unpaired) electrons. The third-order valence-electron chi connectivity index (χ3n) is 4.93. The van der Waals surface area contributed by atoms with E-state index >= 15 is 0 Å². The largest absolute Gasteiger partial charge is 0.489 e. The van der Waals surface area contributed by atoms with E-state index in [1.54, 1.807) is 18.4 Å². The van der Waals surface area contributed by atoms with E-state index in [1.165, 1.54) is 0 Å². The van der Waals surface area contributed by atoms with Crippen LogP contribution in [0.25, 0.3) is 11.0 Å². The van der Waals surface area contributed by atoms with Crippen LogP contribution < -0.4 is 18.9 Å². The summed E-state index contributed by atoms with van der Waals surface area (Å²) in [6, 6.07) is 9.20. The molecule has 6 heteroatoms. The van der Waals surface area contributed by atoms with E-state index in [0.29, 0.717) is 28.6 Å². The van der Waals surface area contributed by atoms with Crippen LogP contribution in [0.4, 0.5) is 0 Å². The van der Waals surface area contributed by atoms with Gasteiger partial charge in [-0.3, -0.25) is 0 Å². The average molecular weight is 324 g/mol. The molecule has 0 aliphatic carbocycles. The zero-order valence-corrected chi connectivity index (χ0v) is 12.4. The number of hydrogen-bond donors (Lipinski definition) is 1. The first kappa shape index (κ1) is 12.5. The summed E-state index contributed by atoms with van der Waals surface area (Å²) in [7, 11) is 0. The van der Waals surface area contributed by atoms with Crippen molar-refractivity contribution in [2.24, 2.45) is 0 Å². The zero-order chi connectivity index (χ0) is 15.9. The molecule has 4 heterocycles. The molecule has 120 valence electrons. The second-order valence-corrected chi connectivity index (χ2v) is 6.26. The lowest BCUT2D eigenvalue weighted by Gasteiger charge is -2.34. The van der Waals surface area contributed by atoms with Gasteiger partial charge in [0.15, 0.2) is 23.2 Å². The minimum absolute atomic E-state index is 0.101. The molecule has 0 amide bonds. The van der Waals surface area contributed by atoms with Crippen LogP contribution >= 0.6 is 0 Å². The van der Waals surface area contributed by atoms with Gasteiger partial charge in [0.25, 0.3) is 0 Å². The fourth-order valence-electron chi connectivity index (χ4n) is 3.73. The van der Waals surface area contributed by atoms with E-state index in [0.717, 1.165) is 16.5 Å². The molecule has 1 aromatic heterocycles. The Morgan fingerprint density at radius 1 is 0.958 bits per heavy atom. The molecule has 1 N–H and O–H groups in total. The molecular formula is C18H12O6. The first-order valence-electron chi connectivity index (χ1n) is 7.69. The lowest BCUT2D eigenvalue weighted by atomic mass is 9.84. The summed E-state index contributed by atoms with van der Waals surface area (Å²) in [5.41, 5.74) is 0.946. The van der Waals surface area contributed by atoms with Gasteiger partial charge in [-0.15, -0.1) is 0 Å². The molecular weight excluding hydrogens is 312 g/mol. The summed E-state index contributed by atoms with van der Waals surface area (Å²) in [6.07, 6.45) is 1.09. The predicted octanol–water partition coefficient (Wildman–Crippen LogP) is 2.88. The molecule has 3 aromatic rings. The SMILES string of the molecule is O[C@@]12COc3cc4occc4cc3[C@@H]1Oc1cc3c(cc12)OCO3. The number of rotatable bonds is 0. The highest BCUT2D eigenvalue weighted by Gasteiger charge is 2.53. The Balaban J connectivity index is 1.55. The smallest absolute Gasteiger partial charge is 0.231 e. The molecule has 0 saturated heterocycles. The first-order valence-corrected chi connectivity index (χ1v) is 7.69. The summed E-state index contributed by atoms with van der Waals surface area (Å²) in [5, 5.41) is 12.2. The van der Waals surface area contributed by atoms with Crippen LogP contribution in [0.5, 0.6) is 23.0 Å². The third kappa shape index (κ3) is 1.40. The zero-order valence-electron chi connectivity index (χ0n) is 12.4. The molecule has 0 unspecified atom stereocenters. The predicted molar refractivity (Wildman–Crippen MR) is 81.5 cm³/mol. The van der Waals surface area contributed by atoms with Gasteiger partial charge >= 0.3 is 0 Å². The minimum atomic E-state index is -1.26. The Morgan fingerprint density at radius 3 is 2.75 bits per heavy atom. The van der Waals surface area contributed by atoms with Crippen LogP contribution in [0.15, 0.2) is 41.0 Å². The number of ether oxygens (including phenoxy) is 4. The standard InChI is InChI=1S/C18H12O6/c19-18-7-21-13-5-12-9(1-2-20-12)3-10(13)17(18)24-14-6-16-15(4-11(14)18)22-8-23-16/h1-6,17,19H,7-8H2/t17-,18+/m0/s1. The number of benzene rings is 2. The van der Waals surface area contributed by atoms with Crippen LogP contribution in [-0.4, -0.2) is 18.5 Å². The van der Waals surface area contributed by atoms with Crippen molar-refractivity contribution in [1.29, 1.82) is 0 Å². The van der Waals surface area contributed by atoms with Crippen molar-refractivity contribution in [2.45, 2.75) is 11.7 Å². The Kier molecular flexibility index (Phi) is 2.07. The number of fused-ring (bicyclic) bond motifs is 7. The van der Waals surface area contributed by atoms with E-state index in [4.69, 9.17) is 23.4 Å². The third-order valence-corrected chi connectivity index (χ3v) is 4.93. The Morgan fingerprint density at radius 2 is 1.83 bits per heavy atom. The second-order valence-electron chi connectivity index (χ2n) is 6.26. The Bertz CT molecular complexity index is 1010. The van der Waals surface area contributed by atoms with E-state index in [2.05, 4.69) is 0 Å². The molecule has 0 spiro atoms. The van der Waals surface area contributed by atoms with Crippen molar-refractivity contribution in [1.82, 2.24) is 0 Å². The van der Waals surface area contributed by atoms with Gasteiger partial charge in [-0.1, -0.05) is 0 Å². The van der Waals surface area contributed by atoms with E-state index < -0.39 is 11.7 Å². The topological polar surface area (TPSA) is 70.3 Å². The van der Waals surface area contributed by atoms with Gasteiger partial charge in [-0.25, -0.2) is 0 Å². The van der Waals surface area contributed by atoms with Gasteiger partial charge in [0, 0.05) is 28.6 Å². The van der Waals surface area contributed by atoms with Gasteiger partial charge < -0.3 is 28.5 Å². The number of hydrogen-bond acceptors (Lipinski definition) is 6. The molecule has 24 heavy (non-hydrogen) atoms. The van der Waals surface area contributed by atoms with Crippen molar-refractivity contribution in [3.05, 3.63) is 47.7 Å². The summed E-state index contributed by atoms with van der Waals surface area (Å²) < 4.78 is 28.2. The minimum Gasteiger partial charge on any atom is -0.489 e. The molecule has 6 rings (SSSR count). The molecule has 6 nitrogen and oxygen atoms in total. The maximum atomic E-state index is 11.3. The van der Waals surface area contributed by atoms with Crippen molar-refractivity contribution >= 4 is 11.0 Å². The first-order chi connectivity index (χ1) is 11.7. The summed E-state index contributed by atoms with van der Waals surface area (Å²) in [4.78, 5) is 0. The monoisotopic (exact) mass is 324 g/mol. The molecule has 3 aliphatic heterocycles. The molecule has 2 aromatic carbocycles. The number of aliphatic hydroxyl groups is 1. The lowest BCUT2D eigenvalue weighted by Crippen LogP contribution is -2.41. The van der Waals surface area contributed by atoms with Crippen LogP contribution in [0.1, 0.15) is 17.2 Å². The second kappa shape index (κ2) is 3.96. The molecule has 0 bridgehead atoms. The highest BCUT2D eigenvalue weighted by atomic mass is 16.7. The van der Waals surface area contributed by atoms with Crippen molar-refractivity contribution in [2.75, 3.05) is 13.4 Å². The fraction of sp³-hybridized carbons (Fsp3) is 0.222. The van der Waals surface area contributed by atoms with Gasteiger partial charge in [0.05, 0.1) is 6.26 Å². The van der Waals surface area contributed by atoms with Gasteiger partial charge in [0.1, 0.15) is 23.7 Å². The van der Waals surface area contributed by atoms with Crippen LogP contribution in [0.2, 0.25) is 0 Å². The molecule has 0 fully saturated rings. The van der Waals surface area contributed by atoms with Crippen LogP contribution in [-0.2, 0) is 5.60 Å². The molecule has 3 aliphatic rings. The van der Waals surface area contributed by atoms with Crippen LogP contribution in [0, 0.1) is 0 Å². The average Bonchev–Trinajstić information content (AvgIpc) is 3.28. The highest BCUT2D eigenvalue weighted by Crippen LogP contribution is 2.56. The highest BCUT2D eigenvalue weighted by molar-refractivity contribution is 5.80. The quantitative estimate of drug-likeness (QED) is 0.686. The van der Waals surface area contributed by atoms with Gasteiger partial charge in [-0.2, -0.15) is 0 Å². The number of furan rings is 1. The lowest BCUT2D eigenvalue weighted by molar-refractivity contribution is -0.0863. The van der Waals surface area contributed by atoms with E-state index in [-0.39, 0.29) is 13.4 Å². The molecule has 0 saturated carbocycles. The molecule has 2 atom stereocenters.